The van der Waals surface area contributed by atoms with Gasteiger partial charge in [0.2, 0.25) is 0 Å². The summed E-state index contributed by atoms with van der Waals surface area (Å²) in [6.07, 6.45) is 4.40. The number of nitrogens with one attached hydrogen (secondary N) is 1. The number of thioether (sulfide) groups is 1. The molecule has 0 aromatic rings. The summed E-state index contributed by atoms with van der Waals surface area (Å²) in [7, 11) is 3.78. The summed E-state index contributed by atoms with van der Waals surface area (Å²) in [6.45, 7) is 1.89. The van der Waals surface area contributed by atoms with Gasteiger partial charge in [0, 0.05) is 19.6 Å². The third-order valence-corrected chi connectivity index (χ3v) is 4.32. The fourth-order valence-corrected chi connectivity index (χ4v) is 2.84. The predicted octanol–water partition coefficient (Wildman–Crippen LogP) is 0.928. The summed E-state index contributed by atoms with van der Waals surface area (Å²) in [5, 5.41) is 11.8. The fraction of sp³-hybridized carbons (Fsp3) is 0.846. The third kappa shape index (κ3) is 5.20. The van der Waals surface area contributed by atoms with Crippen molar-refractivity contribution in [2.24, 2.45) is 0 Å². The van der Waals surface area contributed by atoms with Crippen molar-refractivity contribution in [3.63, 3.8) is 0 Å². The Morgan fingerprint density at radius 3 is 2.80 bits per heavy atom. The maximum Gasteiger partial charge on any atom is 0.326 e. The second-order valence-corrected chi connectivity index (χ2v) is 6.28. The van der Waals surface area contributed by atoms with Gasteiger partial charge in [0.25, 0.3) is 0 Å². The van der Waals surface area contributed by atoms with Crippen molar-refractivity contribution in [2.75, 3.05) is 39.2 Å². The Hall–Kier alpha value is -0.950. The van der Waals surface area contributed by atoms with E-state index in [1.807, 2.05) is 13.3 Å². The van der Waals surface area contributed by atoms with Crippen LogP contribution in [0.4, 0.5) is 4.79 Å². The van der Waals surface area contributed by atoms with Crippen molar-refractivity contribution in [3.05, 3.63) is 0 Å². The summed E-state index contributed by atoms with van der Waals surface area (Å²) < 4.78 is 0. The molecular formula is C13H25N3O3S. The highest BCUT2D eigenvalue weighted by atomic mass is 32.2. The summed E-state index contributed by atoms with van der Waals surface area (Å²) in [4.78, 5) is 27.1. The molecule has 7 heteroatoms. The molecule has 0 saturated carbocycles. The van der Waals surface area contributed by atoms with Crippen molar-refractivity contribution in [1.82, 2.24) is 15.1 Å². The molecule has 1 saturated heterocycles. The van der Waals surface area contributed by atoms with Crippen molar-refractivity contribution in [1.29, 1.82) is 0 Å². The lowest BCUT2D eigenvalue weighted by molar-refractivity contribution is -0.139. The molecule has 0 bridgehead atoms. The van der Waals surface area contributed by atoms with Crippen molar-refractivity contribution >= 4 is 23.8 Å². The van der Waals surface area contributed by atoms with Gasteiger partial charge in [-0.25, -0.2) is 9.59 Å². The second kappa shape index (κ2) is 8.36. The van der Waals surface area contributed by atoms with Crippen LogP contribution in [0.15, 0.2) is 0 Å². The summed E-state index contributed by atoms with van der Waals surface area (Å²) >= 11 is 1.58. The molecule has 0 radical (unpaired) electrons. The Labute approximate surface area is 124 Å². The van der Waals surface area contributed by atoms with E-state index in [-0.39, 0.29) is 12.1 Å². The van der Waals surface area contributed by atoms with Gasteiger partial charge in [0.1, 0.15) is 6.04 Å². The Morgan fingerprint density at radius 1 is 1.55 bits per heavy atom. The first-order chi connectivity index (χ1) is 9.45. The minimum atomic E-state index is -0.971. The van der Waals surface area contributed by atoms with Gasteiger partial charge in [0.15, 0.2) is 0 Å². The Kier molecular flexibility index (Phi) is 7.15. The number of likely N-dealkylation sites (tertiary alicyclic amines) is 1. The van der Waals surface area contributed by atoms with Gasteiger partial charge in [-0.1, -0.05) is 0 Å². The quantitative estimate of drug-likeness (QED) is 0.763. The van der Waals surface area contributed by atoms with Gasteiger partial charge < -0.3 is 20.2 Å². The second-order valence-electron chi connectivity index (χ2n) is 5.29. The van der Waals surface area contributed by atoms with Crippen LogP contribution in [-0.4, -0.2) is 78.2 Å². The van der Waals surface area contributed by atoms with Gasteiger partial charge in [-0.05, 0) is 44.9 Å². The largest absolute Gasteiger partial charge is 0.480 e. The Morgan fingerprint density at radius 2 is 2.25 bits per heavy atom. The number of carbonyl (C=O) groups excluding carboxylic acids is 1. The number of carboxylic acid groups (broad SMARTS) is 1. The van der Waals surface area contributed by atoms with E-state index in [4.69, 9.17) is 5.11 Å². The maximum absolute atomic E-state index is 12.2. The van der Waals surface area contributed by atoms with Crippen LogP contribution in [-0.2, 0) is 4.79 Å². The molecule has 0 aromatic carbocycles. The number of likely N-dealkylation sites (N-methyl/N-ethyl adjacent to an activating group) is 2. The number of piperidine rings is 1. The van der Waals surface area contributed by atoms with Crippen LogP contribution in [0.25, 0.3) is 0 Å². The number of rotatable bonds is 6. The molecule has 1 aliphatic heterocycles. The number of nitrogens with zero attached hydrogens (tertiary/aromatic N) is 2. The first kappa shape index (κ1) is 17.1. The third-order valence-electron chi connectivity index (χ3n) is 3.67. The van der Waals surface area contributed by atoms with Crippen molar-refractivity contribution < 1.29 is 14.7 Å². The van der Waals surface area contributed by atoms with Crippen LogP contribution < -0.4 is 5.32 Å². The topological polar surface area (TPSA) is 72.9 Å². The summed E-state index contributed by atoms with van der Waals surface area (Å²) in [6, 6.07) is -0.943. The molecule has 2 N–H and O–H groups in total. The van der Waals surface area contributed by atoms with E-state index in [1.165, 1.54) is 0 Å². The summed E-state index contributed by atoms with van der Waals surface area (Å²) in [5.41, 5.74) is 0. The van der Waals surface area contributed by atoms with Crippen LogP contribution in [0, 0.1) is 0 Å². The first-order valence-corrected chi connectivity index (χ1v) is 8.28. The zero-order valence-electron chi connectivity index (χ0n) is 12.5. The van der Waals surface area contributed by atoms with E-state index in [1.54, 1.807) is 23.7 Å². The Bertz CT molecular complexity index is 341. The van der Waals surface area contributed by atoms with Crippen LogP contribution in [0.5, 0.6) is 0 Å². The van der Waals surface area contributed by atoms with E-state index in [0.717, 1.165) is 25.9 Å². The van der Waals surface area contributed by atoms with E-state index >= 15 is 0 Å². The average Bonchev–Trinajstić information content (AvgIpc) is 2.42. The predicted molar refractivity (Wildman–Crippen MR) is 81.2 cm³/mol. The molecule has 1 fully saturated rings. The molecule has 6 nitrogen and oxygen atoms in total. The number of carboxylic acids is 1. The molecule has 1 unspecified atom stereocenters. The van der Waals surface area contributed by atoms with Crippen LogP contribution in [0.1, 0.15) is 19.3 Å². The first-order valence-electron chi connectivity index (χ1n) is 6.89. The monoisotopic (exact) mass is 303 g/mol. The smallest absolute Gasteiger partial charge is 0.326 e. The lowest BCUT2D eigenvalue weighted by atomic mass is 10.1. The van der Waals surface area contributed by atoms with Gasteiger partial charge in [-0.15, -0.1) is 0 Å². The normalized spacial score (nSPS) is 21.2. The van der Waals surface area contributed by atoms with E-state index in [0.29, 0.717) is 12.2 Å². The molecule has 2 amide bonds. The van der Waals surface area contributed by atoms with Crippen LogP contribution in [0.3, 0.4) is 0 Å². The molecular weight excluding hydrogens is 278 g/mol. The van der Waals surface area contributed by atoms with Gasteiger partial charge in [0.05, 0.1) is 0 Å². The van der Waals surface area contributed by atoms with Gasteiger partial charge in [-0.2, -0.15) is 11.8 Å². The number of urea groups is 1. The average molecular weight is 303 g/mol. The molecule has 20 heavy (non-hydrogen) atoms. The van der Waals surface area contributed by atoms with E-state index in [9.17, 15) is 9.59 Å². The fourth-order valence-electron chi connectivity index (χ4n) is 2.37. The number of hydrogen-bond donors (Lipinski definition) is 2. The van der Waals surface area contributed by atoms with Crippen molar-refractivity contribution in [2.45, 2.75) is 31.3 Å². The Balaban J connectivity index is 2.52. The highest BCUT2D eigenvalue weighted by molar-refractivity contribution is 7.98. The van der Waals surface area contributed by atoms with E-state index < -0.39 is 12.0 Å². The SMILES string of the molecule is CSCC[C@H](NC(=O)N(C)C1CCCN(C)C1)C(=O)O. The highest BCUT2D eigenvalue weighted by Crippen LogP contribution is 2.13. The zero-order chi connectivity index (χ0) is 15.1. The molecule has 1 rings (SSSR count). The minimum absolute atomic E-state index is 0.156. The minimum Gasteiger partial charge on any atom is -0.480 e. The number of carbonyl (C=O) groups is 2. The lowest BCUT2D eigenvalue weighted by Gasteiger charge is -2.36. The molecule has 2 atom stereocenters. The summed E-state index contributed by atoms with van der Waals surface area (Å²) in [5.74, 6) is -0.255. The molecule has 0 aliphatic carbocycles. The van der Waals surface area contributed by atoms with Crippen molar-refractivity contribution in [3.8, 4) is 0 Å². The highest BCUT2D eigenvalue weighted by Gasteiger charge is 2.27. The van der Waals surface area contributed by atoms with Gasteiger partial charge >= 0.3 is 12.0 Å². The van der Waals surface area contributed by atoms with Crippen LogP contribution in [0.2, 0.25) is 0 Å². The molecule has 0 aromatic heterocycles. The number of hydrogen-bond acceptors (Lipinski definition) is 4. The van der Waals surface area contributed by atoms with E-state index in [2.05, 4.69) is 10.2 Å². The molecule has 116 valence electrons. The number of aliphatic carboxylic acids is 1. The zero-order valence-corrected chi connectivity index (χ0v) is 13.3. The lowest BCUT2D eigenvalue weighted by Crippen LogP contribution is -2.53. The number of amides is 2. The molecule has 0 spiro atoms. The molecule has 1 heterocycles. The maximum atomic E-state index is 12.2. The standard InChI is InChI=1S/C13H25N3O3S/c1-15-7-4-5-10(9-15)16(2)13(19)14-11(12(17)18)6-8-20-3/h10-11H,4-9H2,1-3H3,(H,14,19)(H,17,18)/t10?,11-/m0/s1. The van der Waals surface area contributed by atoms with Crippen LogP contribution >= 0.6 is 11.8 Å². The molecule has 1 aliphatic rings. The van der Waals surface area contributed by atoms with Gasteiger partial charge in [-0.3, -0.25) is 0 Å².